The number of hydrogen-bond donors (Lipinski definition) is 1. The smallest absolute Gasteiger partial charge is 0.309 e. The van der Waals surface area contributed by atoms with Crippen molar-refractivity contribution in [3.05, 3.63) is 41.1 Å². The van der Waals surface area contributed by atoms with Crippen molar-refractivity contribution < 1.29 is 9.53 Å². The van der Waals surface area contributed by atoms with Gasteiger partial charge in [0.15, 0.2) is 0 Å². The van der Waals surface area contributed by atoms with Crippen molar-refractivity contribution in [1.82, 2.24) is 0 Å². The summed E-state index contributed by atoms with van der Waals surface area (Å²) in [6.45, 7) is 4.34. The standard InChI is InChI=1S/C14H17NO2/c1-3-17-14(16)8-11-7-12-6-10(2)4-5-13(12)15-9-11/h4-6,9,15H,3,7-8H2,1-2H3. The van der Waals surface area contributed by atoms with Crippen LogP contribution < -0.4 is 5.32 Å². The van der Waals surface area contributed by atoms with Crippen LogP contribution in [0.15, 0.2) is 30.0 Å². The first-order valence-corrected chi connectivity index (χ1v) is 5.88. The number of carbonyl (C=O) groups is 1. The van der Waals surface area contributed by atoms with E-state index in [1.807, 2.05) is 13.1 Å². The summed E-state index contributed by atoms with van der Waals surface area (Å²) >= 11 is 0. The molecule has 0 saturated heterocycles. The maximum atomic E-state index is 11.4. The quantitative estimate of drug-likeness (QED) is 0.813. The molecule has 2 rings (SSSR count). The van der Waals surface area contributed by atoms with Crippen molar-refractivity contribution in [3.8, 4) is 0 Å². The molecule has 1 heterocycles. The molecule has 0 radical (unpaired) electrons. The minimum Gasteiger partial charge on any atom is -0.466 e. The van der Waals surface area contributed by atoms with Gasteiger partial charge in [0.1, 0.15) is 0 Å². The number of anilines is 1. The third-order valence-corrected chi connectivity index (χ3v) is 2.79. The second kappa shape index (κ2) is 5.04. The summed E-state index contributed by atoms with van der Waals surface area (Å²) < 4.78 is 4.95. The predicted molar refractivity (Wildman–Crippen MR) is 67.8 cm³/mol. The molecule has 3 nitrogen and oxygen atoms in total. The molecule has 1 aromatic rings. The molecular formula is C14H17NO2. The van der Waals surface area contributed by atoms with Crippen LogP contribution in [0.5, 0.6) is 0 Å². The Morgan fingerprint density at radius 2 is 2.29 bits per heavy atom. The molecule has 1 aliphatic heterocycles. The Morgan fingerprint density at radius 3 is 3.06 bits per heavy atom. The first kappa shape index (κ1) is 11.7. The molecule has 1 aliphatic rings. The lowest BCUT2D eigenvalue weighted by Crippen LogP contribution is -2.11. The highest BCUT2D eigenvalue weighted by Crippen LogP contribution is 2.26. The van der Waals surface area contributed by atoms with E-state index in [1.165, 1.54) is 11.1 Å². The van der Waals surface area contributed by atoms with Gasteiger partial charge in [-0.25, -0.2) is 0 Å². The summed E-state index contributed by atoms with van der Waals surface area (Å²) in [6, 6.07) is 6.30. The van der Waals surface area contributed by atoms with Crippen molar-refractivity contribution in [2.45, 2.75) is 26.7 Å². The van der Waals surface area contributed by atoms with Crippen LogP contribution in [-0.2, 0) is 16.0 Å². The molecule has 17 heavy (non-hydrogen) atoms. The van der Waals surface area contributed by atoms with Crippen LogP contribution in [0.25, 0.3) is 0 Å². The molecule has 0 aromatic heterocycles. The molecule has 0 amide bonds. The fourth-order valence-corrected chi connectivity index (χ4v) is 2.00. The van der Waals surface area contributed by atoms with Gasteiger partial charge in [-0.05, 0) is 37.5 Å². The molecular weight excluding hydrogens is 214 g/mol. The highest BCUT2D eigenvalue weighted by atomic mass is 16.5. The number of fused-ring (bicyclic) bond motifs is 1. The molecule has 0 unspecified atom stereocenters. The summed E-state index contributed by atoms with van der Waals surface area (Å²) in [5, 5.41) is 3.22. The van der Waals surface area contributed by atoms with Gasteiger partial charge in [-0.15, -0.1) is 0 Å². The number of hydrogen-bond acceptors (Lipinski definition) is 3. The molecule has 0 spiro atoms. The Hall–Kier alpha value is -1.77. The predicted octanol–water partition coefficient (Wildman–Crippen LogP) is 2.80. The average Bonchev–Trinajstić information content (AvgIpc) is 2.28. The SMILES string of the molecule is CCOC(=O)CC1=CNc2ccc(C)cc2C1. The lowest BCUT2D eigenvalue weighted by Gasteiger charge is -2.18. The fraction of sp³-hybridized carbons (Fsp3) is 0.357. The normalized spacial score (nSPS) is 13.4. The van der Waals surface area contributed by atoms with Gasteiger partial charge < -0.3 is 10.1 Å². The van der Waals surface area contributed by atoms with E-state index in [-0.39, 0.29) is 5.97 Å². The zero-order valence-corrected chi connectivity index (χ0v) is 10.2. The summed E-state index contributed by atoms with van der Waals surface area (Å²) in [7, 11) is 0. The highest BCUT2D eigenvalue weighted by molar-refractivity contribution is 5.73. The Kier molecular flexibility index (Phi) is 3.47. The second-order valence-corrected chi connectivity index (χ2v) is 4.27. The number of benzene rings is 1. The topological polar surface area (TPSA) is 38.3 Å². The molecule has 0 saturated carbocycles. The van der Waals surface area contributed by atoms with E-state index in [0.29, 0.717) is 13.0 Å². The van der Waals surface area contributed by atoms with Crippen LogP contribution in [0.3, 0.4) is 0 Å². The molecule has 3 heteroatoms. The van der Waals surface area contributed by atoms with Gasteiger partial charge >= 0.3 is 5.97 Å². The highest BCUT2D eigenvalue weighted by Gasteiger charge is 2.14. The summed E-state index contributed by atoms with van der Waals surface area (Å²) in [5.74, 6) is -0.156. The molecule has 1 N–H and O–H groups in total. The molecule has 90 valence electrons. The van der Waals surface area contributed by atoms with Gasteiger partial charge in [0.25, 0.3) is 0 Å². The maximum absolute atomic E-state index is 11.4. The van der Waals surface area contributed by atoms with Gasteiger partial charge in [0.05, 0.1) is 13.0 Å². The van der Waals surface area contributed by atoms with Gasteiger partial charge in [0, 0.05) is 11.9 Å². The van der Waals surface area contributed by atoms with Crippen LogP contribution in [0.2, 0.25) is 0 Å². The minimum absolute atomic E-state index is 0.156. The third-order valence-electron chi connectivity index (χ3n) is 2.79. The van der Waals surface area contributed by atoms with Crippen molar-refractivity contribution >= 4 is 11.7 Å². The lowest BCUT2D eigenvalue weighted by molar-refractivity contribution is -0.142. The van der Waals surface area contributed by atoms with Crippen molar-refractivity contribution in [3.63, 3.8) is 0 Å². The minimum atomic E-state index is -0.156. The van der Waals surface area contributed by atoms with Crippen molar-refractivity contribution in [2.75, 3.05) is 11.9 Å². The van der Waals surface area contributed by atoms with Crippen molar-refractivity contribution in [1.29, 1.82) is 0 Å². The Labute approximate surface area is 101 Å². The summed E-state index contributed by atoms with van der Waals surface area (Å²) in [5.41, 5.74) is 4.68. The number of nitrogens with one attached hydrogen (secondary N) is 1. The third kappa shape index (κ3) is 2.87. The molecule has 1 aromatic carbocycles. The first-order chi connectivity index (χ1) is 8.19. The summed E-state index contributed by atoms with van der Waals surface area (Å²) in [6.07, 6.45) is 3.10. The number of carbonyl (C=O) groups excluding carboxylic acids is 1. The van der Waals surface area contributed by atoms with Gasteiger partial charge in [-0.2, -0.15) is 0 Å². The van der Waals surface area contributed by atoms with E-state index in [1.54, 1.807) is 0 Å². The van der Waals surface area contributed by atoms with E-state index in [4.69, 9.17) is 4.74 Å². The number of rotatable bonds is 3. The van der Waals surface area contributed by atoms with E-state index in [0.717, 1.165) is 17.7 Å². The number of esters is 1. The van der Waals surface area contributed by atoms with Crippen LogP contribution in [-0.4, -0.2) is 12.6 Å². The van der Waals surface area contributed by atoms with Crippen LogP contribution >= 0.6 is 0 Å². The average molecular weight is 231 g/mol. The lowest BCUT2D eigenvalue weighted by atomic mass is 9.97. The van der Waals surface area contributed by atoms with Crippen molar-refractivity contribution in [2.24, 2.45) is 0 Å². The monoisotopic (exact) mass is 231 g/mol. The Balaban J connectivity index is 2.06. The van der Waals surface area contributed by atoms with Gasteiger partial charge in [-0.1, -0.05) is 17.7 Å². The zero-order valence-electron chi connectivity index (χ0n) is 10.2. The van der Waals surface area contributed by atoms with Crippen LogP contribution in [0, 0.1) is 6.92 Å². The van der Waals surface area contributed by atoms with Crippen LogP contribution in [0.4, 0.5) is 5.69 Å². The van der Waals surface area contributed by atoms with E-state index in [2.05, 4.69) is 30.4 Å². The Bertz CT molecular complexity index is 463. The van der Waals surface area contributed by atoms with E-state index < -0.39 is 0 Å². The number of aryl methyl sites for hydroxylation is 1. The zero-order chi connectivity index (χ0) is 12.3. The molecule has 0 atom stereocenters. The summed E-state index contributed by atoms with van der Waals surface area (Å²) in [4.78, 5) is 11.4. The largest absolute Gasteiger partial charge is 0.466 e. The first-order valence-electron chi connectivity index (χ1n) is 5.88. The molecule has 0 aliphatic carbocycles. The molecule has 0 bridgehead atoms. The maximum Gasteiger partial charge on any atom is 0.309 e. The van der Waals surface area contributed by atoms with Gasteiger partial charge in [-0.3, -0.25) is 4.79 Å². The van der Waals surface area contributed by atoms with Gasteiger partial charge in [0.2, 0.25) is 0 Å². The molecule has 0 fully saturated rings. The van der Waals surface area contributed by atoms with E-state index >= 15 is 0 Å². The Morgan fingerprint density at radius 1 is 1.47 bits per heavy atom. The van der Waals surface area contributed by atoms with Crippen LogP contribution in [0.1, 0.15) is 24.5 Å². The fourth-order valence-electron chi connectivity index (χ4n) is 2.00. The van der Waals surface area contributed by atoms with E-state index in [9.17, 15) is 4.79 Å². The second-order valence-electron chi connectivity index (χ2n) is 4.27. The number of ether oxygens (including phenoxy) is 1.